The number of hydrogen-bond donors (Lipinski definition) is 2. The molecule has 0 saturated heterocycles. The maximum atomic E-state index is 13.6. The number of nitriles is 1. The Hall–Kier alpha value is -2.88. The lowest BCUT2D eigenvalue weighted by molar-refractivity contribution is 0.416. The van der Waals surface area contributed by atoms with Crippen molar-refractivity contribution in [1.82, 2.24) is 4.98 Å². The molecule has 7 heteroatoms. The molecule has 0 aliphatic rings. The van der Waals surface area contributed by atoms with Crippen LogP contribution in [0.5, 0.6) is 5.75 Å². The fourth-order valence-corrected chi connectivity index (χ4v) is 1.56. The van der Waals surface area contributed by atoms with Crippen LogP contribution in [-0.2, 0) is 0 Å². The second kappa shape index (κ2) is 5.40. The Morgan fingerprint density at radius 1 is 1.30 bits per heavy atom. The number of halogens is 2. The van der Waals surface area contributed by atoms with E-state index in [4.69, 9.17) is 15.7 Å². The Labute approximate surface area is 113 Å². The van der Waals surface area contributed by atoms with Gasteiger partial charge in [0.2, 0.25) is 0 Å². The van der Waals surface area contributed by atoms with E-state index in [0.717, 1.165) is 0 Å². The third-order valence-corrected chi connectivity index (χ3v) is 2.54. The van der Waals surface area contributed by atoms with Crippen molar-refractivity contribution in [2.24, 2.45) is 0 Å². The number of nitrogen functional groups attached to an aromatic ring is 1. The summed E-state index contributed by atoms with van der Waals surface area (Å²) in [7, 11) is 1.41. The van der Waals surface area contributed by atoms with Crippen LogP contribution in [-0.4, -0.2) is 12.1 Å². The number of aromatic nitrogens is 1. The van der Waals surface area contributed by atoms with Gasteiger partial charge in [-0.1, -0.05) is 0 Å². The highest BCUT2D eigenvalue weighted by Gasteiger charge is 2.12. The number of nitrogens with zero attached hydrogens (tertiary/aromatic N) is 2. The van der Waals surface area contributed by atoms with E-state index in [0.29, 0.717) is 23.1 Å². The van der Waals surface area contributed by atoms with Gasteiger partial charge in [-0.05, 0) is 12.1 Å². The van der Waals surface area contributed by atoms with Crippen LogP contribution in [0, 0.1) is 23.0 Å². The predicted molar refractivity (Wildman–Crippen MR) is 69.6 cm³/mol. The van der Waals surface area contributed by atoms with Gasteiger partial charge in [0.1, 0.15) is 5.75 Å². The quantitative estimate of drug-likeness (QED) is 0.900. The number of anilines is 3. The molecule has 2 rings (SSSR count). The summed E-state index contributed by atoms with van der Waals surface area (Å²) in [5.74, 6) is -2.13. The van der Waals surface area contributed by atoms with E-state index >= 15 is 0 Å². The lowest BCUT2D eigenvalue weighted by Gasteiger charge is -2.12. The molecule has 0 amide bonds. The largest absolute Gasteiger partial charge is 0.495 e. The Kier molecular flexibility index (Phi) is 3.66. The average molecular weight is 276 g/mol. The van der Waals surface area contributed by atoms with Crippen molar-refractivity contribution in [2.75, 3.05) is 18.2 Å². The molecule has 102 valence electrons. The maximum absolute atomic E-state index is 13.6. The van der Waals surface area contributed by atoms with E-state index in [1.54, 1.807) is 0 Å². The lowest BCUT2D eigenvalue weighted by atomic mass is 10.2. The number of rotatable bonds is 3. The fraction of sp³-hybridized carbons (Fsp3) is 0.0769. The second-order valence-corrected chi connectivity index (χ2v) is 3.84. The zero-order chi connectivity index (χ0) is 14.7. The summed E-state index contributed by atoms with van der Waals surface area (Å²) in [6, 6.07) is 7.12. The molecule has 0 spiro atoms. The van der Waals surface area contributed by atoms with Gasteiger partial charge in [-0.15, -0.1) is 0 Å². The van der Waals surface area contributed by atoms with Crippen molar-refractivity contribution in [3.8, 4) is 11.8 Å². The minimum absolute atomic E-state index is 0.230. The zero-order valence-electron chi connectivity index (χ0n) is 10.4. The van der Waals surface area contributed by atoms with Crippen molar-refractivity contribution in [3.05, 3.63) is 41.5 Å². The SMILES string of the molecule is COc1cc(C#N)ccc1Nc1nc(N)c(F)cc1F. The molecule has 20 heavy (non-hydrogen) atoms. The molecule has 0 unspecified atom stereocenters. The third-order valence-electron chi connectivity index (χ3n) is 2.54. The Morgan fingerprint density at radius 3 is 2.70 bits per heavy atom. The summed E-state index contributed by atoms with van der Waals surface area (Å²) in [5, 5.41) is 11.4. The van der Waals surface area contributed by atoms with E-state index in [2.05, 4.69) is 10.3 Å². The van der Waals surface area contributed by atoms with Gasteiger partial charge in [-0.2, -0.15) is 5.26 Å². The van der Waals surface area contributed by atoms with E-state index in [1.807, 2.05) is 6.07 Å². The van der Waals surface area contributed by atoms with Gasteiger partial charge in [0.15, 0.2) is 23.3 Å². The normalized spacial score (nSPS) is 9.90. The number of methoxy groups -OCH3 is 1. The topological polar surface area (TPSA) is 84.0 Å². The number of nitrogens with two attached hydrogens (primary N) is 1. The minimum atomic E-state index is -0.931. The first-order valence-electron chi connectivity index (χ1n) is 5.52. The molecule has 0 aliphatic heterocycles. The van der Waals surface area contributed by atoms with Crippen LogP contribution in [0.1, 0.15) is 5.56 Å². The molecule has 0 radical (unpaired) electrons. The molecule has 0 fully saturated rings. The molecule has 1 heterocycles. The van der Waals surface area contributed by atoms with Gasteiger partial charge in [-0.25, -0.2) is 13.8 Å². The van der Waals surface area contributed by atoms with Crippen LogP contribution in [0.2, 0.25) is 0 Å². The van der Waals surface area contributed by atoms with E-state index in [1.165, 1.54) is 25.3 Å². The zero-order valence-corrected chi connectivity index (χ0v) is 10.4. The first-order chi connectivity index (χ1) is 9.55. The molecule has 1 aromatic heterocycles. The van der Waals surface area contributed by atoms with Crippen LogP contribution in [0.4, 0.5) is 26.1 Å². The standard InChI is InChI=1S/C13H10F2N4O/c1-20-11-4-7(6-16)2-3-10(11)18-13-9(15)5-8(14)12(17)19-13/h2-5H,1H3,(H3,17,18,19). The third kappa shape index (κ3) is 2.59. The number of ether oxygens (including phenoxy) is 1. The number of benzene rings is 1. The monoisotopic (exact) mass is 276 g/mol. The fourth-order valence-electron chi connectivity index (χ4n) is 1.56. The molecule has 0 atom stereocenters. The summed E-state index contributed by atoms with van der Waals surface area (Å²) in [4.78, 5) is 3.58. The molecule has 5 nitrogen and oxygen atoms in total. The Morgan fingerprint density at radius 2 is 2.05 bits per heavy atom. The average Bonchev–Trinajstić information content (AvgIpc) is 2.45. The summed E-state index contributed by atoms with van der Waals surface area (Å²) in [6.45, 7) is 0. The second-order valence-electron chi connectivity index (χ2n) is 3.84. The highest BCUT2D eigenvalue weighted by atomic mass is 19.1. The Bertz CT molecular complexity index is 698. The van der Waals surface area contributed by atoms with Crippen LogP contribution >= 0.6 is 0 Å². The number of pyridine rings is 1. The molecular weight excluding hydrogens is 266 g/mol. The van der Waals surface area contributed by atoms with Crippen molar-refractivity contribution < 1.29 is 13.5 Å². The van der Waals surface area contributed by atoms with Crippen molar-refractivity contribution >= 4 is 17.3 Å². The Balaban J connectivity index is 2.40. The van der Waals surface area contributed by atoms with Crippen LogP contribution in [0.15, 0.2) is 24.3 Å². The van der Waals surface area contributed by atoms with Crippen molar-refractivity contribution in [1.29, 1.82) is 5.26 Å². The summed E-state index contributed by atoms with van der Waals surface area (Å²) in [5.41, 5.74) is 6.06. The summed E-state index contributed by atoms with van der Waals surface area (Å²) >= 11 is 0. The molecule has 2 aromatic rings. The van der Waals surface area contributed by atoms with Gasteiger partial charge < -0.3 is 15.8 Å². The van der Waals surface area contributed by atoms with Crippen LogP contribution in [0.25, 0.3) is 0 Å². The summed E-state index contributed by atoms with van der Waals surface area (Å²) in [6.07, 6.45) is 0. The molecule has 1 aromatic carbocycles. The number of nitrogens with one attached hydrogen (secondary N) is 1. The van der Waals surface area contributed by atoms with Gasteiger partial charge >= 0.3 is 0 Å². The first kappa shape index (κ1) is 13.5. The minimum Gasteiger partial charge on any atom is -0.495 e. The van der Waals surface area contributed by atoms with Gasteiger partial charge in [-0.3, -0.25) is 0 Å². The smallest absolute Gasteiger partial charge is 0.169 e. The highest BCUT2D eigenvalue weighted by molar-refractivity contribution is 5.66. The molecule has 0 bridgehead atoms. The van der Waals surface area contributed by atoms with Gasteiger partial charge in [0.25, 0.3) is 0 Å². The van der Waals surface area contributed by atoms with E-state index in [9.17, 15) is 8.78 Å². The lowest BCUT2D eigenvalue weighted by Crippen LogP contribution is -2.04. The summed E-state index contributed by atoms with van der Waals surface area (Å²) < 4.78 is 31.7. The van der Waals surface area contributed by atoms with Crippen molar-refractivity contribution in [2.45, 2.75) is 0 Å². The molecule has 0 aliphatic carbocycles. The van der Waals surface area contributed by atoms with Gasteiger partial charge in [0.05, 0.1) is 24.4 Å². The first-order valence-corrected chi connectivity index (χ1v) is 5.52. The highest BCUT2D eigenvalue weighted by Crippen LogP contribution is 2.29. The van der Waals surface area contributed by atoms with E-state index < -0.39 is 17.5 Å². The van der Waals surface area contributed by atoms with Crippen LogP contribution < -0.4 is 15.8 Å². The predicted octanol–water partition coefficient (Wildman–Crippen LogP) is 2.57. The number of hydrogen-bond acceptors (Lipinski definition) is 5. The van der Waals surface area contributed by atoms with E-state index in [-0.39, 0.29) is 5.82 Å². The van der Waals surface area contributed by atoms with Crippen molar-refractivity contribution in [3.63, 3.8) is 0 Å². The maximum Gasteiger partial charge on any atom is 0.169 e. The molecular formula is C13H10F2N4O. The van der Waals surface area contributed by atoms with Gasteiger partial charge in [0, 0.05) is 12.1 Å². The molecule has 3 N–H and O–H groups in total. The van der Waals surface area contributed by atoms with Crippen LogP contribution in [0.3, 0.4) is 0 Å². The molecule has 0 saturated carbocycles.